The Hall–Kier alpha value is -3.75. The zero-order chi connectivity index (χ0) is 35.9. The summed E-state index contributed by atoms with van der Waals surface area (Å²) >= 11 is 24.5. The summed E-state index contributed by atoms with van der Waals surface area (Å²) in [6, 6.07) is 13.3. The van der Waals surface area contributed by atoms with Crippen molar-refractivity contribution in [2.75, 3.05) is 10.5 Å². The van der Waals surface area contributed by atoms with Gasteiger partial charge >= 0.3 is 0 Å². The summed E-state index contributed by atoms with van der Waals surface area (Å²) in [6.07, 6.45) is 3.54. The number of nitrogen functional groups attached to an aromatic ring is 1. The molecule has 0 amide bonds. The highest BCUT2D eigenvalue weighted by molar-refractivity contribution is 7.91. The first-order chi connectivity index (χ1) is 23.8. The smallest absolute Gasteiger partial charge is 0.276 e. The number of rotatable bonds is 6. The van der Waals surface area contributed by atoms with Crippen LogP contribution in [0.15, 0.2) is 64.2 Å². The molecule has 0 saturated heterocycles. The predicted molar refractivity (Wildman–Crippen MR) is 194 cm³/mol. The summed E-state index contributed by atoms with van der Waals surface area (Å²) in [5, 5.41) is 0.369. The van der Waals surface area contributed by atoms with E-state index in [1.165, 1.54) is 16.8 Å². The van der Waals surface area contributed by atoms with Gasteiger partial charge in [0.05, 0.1) is 38.3 Å². The van der Waals surface area contributed by atoms with Gasteiger partial charge in [0.1, 0.15) is 21.9 Å². The Balaban J connectivity index is 0.000000187. The number of nitrogens with one attached hydrogen (secondary N) is 1. The zero-order valence-corrected chi connectivity index (χ0v) is 30.1. The van der Waals surface area contributed by atoms with E-state index in [-0.39, 0.29) is 65.3 Å². The fraction of sp³-hybridized carbons (Fsp3) is 0.273. The molecule has 264 valence electrons. The highest BCUT2D eigenvalue weighted by Gasteiger charge is 2.27. The minimum absolute atomic E-state index is 0.00348. The minimum atomic E-state index is -3.82. The minimum Gasteiger partial charge on any atom is -0.398 e. The van der Waals surface area contributed by atoms with E-state index in [0.717, 1.165) is 37.8 Å². The summed E-state index contributed by atoms with van der Waals surface area (Å²) in [6.45, 7) is 2.28. The summed E-state index contributed by atoms with van der Waals surface area (Å²) in [5.74, 6) is -1.64. The topological polar surface area (TPSA) is 126 Å². The van der Waals surface area contributed by atoms with E-state index in [4.69, 9.17) is 52.1 Å². The Bertz CT molecular complexity index is 2340. The maximum atomic E-state index is 14.7. The van der Waals surface area contributed by atoms with Gasteiger partial charge in [0.15, 0.2) is 0 Å². The Labute approximate surface area is 305 Å². The Morgan fingerprint density at radius 1 is 0.680 bits per heavy atom. The van der Waals surface area contributed by atoms with Gasteiger partial charge in [-0.3, -0.25) is 23.7 Å². The number of hydrogen-bond acceptors (Lipinski definition) is 5. The Kier molecular flexibility index (Phi) is 10.4. The van der Waals surface area contributed by atoms with Gasteiger partial charge in [0.25, 0.3) is 11.1 Å². The second kappa shape index (κ2) is 14.5. The summed E-state index contributed by atoms with van der Waals surface area (Å²) < 4.78 is 62.7. The first-order valence-corrected chi connectivity index (χ1v) is 18.7. The second-order valence-corrected chi connectivity index (χ2v) is 15.1. The highest BCUT2D eigenvalue weighted by Crippen LogP contribution is 2.36. The van der Waals surface area contributed by atoms with E-state index in [2.05, 4.69) is 4.72 Å². The molecule has 0 spiro atoms. The van der Waals surface area contributed by atoms with Crippen molar-refractivity contribution >= 4 is 67.8 Å². The molecule has 0 aliphatic carbocycles. The first kappa shape index (κ1) is 36.1. The van der Waals surface area contributed by atoms with Gasteiger partial charge in [0, 0.05) is 37.3 Å². The molecule has 3 aromatic carbocycles. The molecular weight excluding hydrogens is 756 g/mol. The van der Waals surface area contributed by atoms with Crippen molar-refractivity contribution in [2.24, 2.45) is 0 Å². The molecule has 0 bridgehead atoms. The summed E-state index contributed by atoms with van der Waals surface area (Å²) in [4.78, 5) is 25.2. The van der Waals surface area contributed by atoms with Gasteiger partial charge in [-0.25, -0.2) is 26.6 Å². The van der Waals surface area contributed by atoms with Crippen molar-refractivity contribution in [3.8, 4) is 22.3 Å². The van der Waals surface area contributed by atoms with Gasteiger partial charge in [-0.2, -0.15) is 0 Å². The molecule has 0 atom stereocenters. The van der Waals surface area contributed by atoms with E-state index in [1.54, 1.807) is 44.4 Å². The van der Waals surface area contributed by atoms with E-state index < -0.39 is 27.2 Å². The highest BCUT2D eigenvalue weighted by atomic mass is 35.5. The van der Waals surface area contributed by atoms with Crippen LogP contribution in [0.4, 0.5) is 20.2 Å². The van der Waals surface area contributed by atoms with Crippen molar-refractivity contribution in [2.45, 2.75) is 57.6 Å². The van der Waals surface area contributed by atoms with Crippen molar-refractivity contribution in [1.82, 2.24) is 18.7 Å². The SMILES string of the molecule is Nc1cc(-c2c(Cl)n3n(c2=O)CCCC3)c(F)cc1Cl.O=c1c(-c2cc(NS(=O)(=O)Cc3ccccc3)c(Cl)cc2F)c(Cl)n2n1CCCC2. The van der Waals surface area contributed by atoms with Crippen LogP contribution in [-0.2, 0) is 42.0 Å². The quantitative estimate of drug-likeness (QED) is 0.171. The largest absolute Gasteiger partial charge is 0.398 e. The van der Waals surface area contributed by atoms with Crippen molar-refractivity contribution in [1.29, 1.82) is 0 Å². The molecule has 3 N–H and O–H groups in total. The molecule has 2 aliphatic rings. The molecule has 0 saturated carbocycles. The number of aromatic nitrogens is 4. The monoisotopic (exact) mass is 784 g/mol. The first-order valence-electron chi connectivity index (χ1n) is 15.5. The lowest BCUT2D eigenvalue weighted by Crippen LogP contribution is -2.27. The van der Waals surface area contributed by atoms with Gasteiger partial charge < -0.3 is 5.73 Å². The number of benzene rings is 3. The number of halogens is 6. The van der Waals surface area contributed by atoms with Gasteiger partial charge in [0.2, 0.25) is 10.0 Å². The average molecular weight is 787 g/mol. The van der Waals surface area contributed by atoms with Gasteiger partial charge in [-0.05, 0) is 55.5 Å². The van der Waals surface area contributed by atoms with Crippen LogP contribution >= 0.6 is 46.4 Å². The molecule has 7 rings (SSSR count). The second-order valence-electron chi connectivity index (χ2n) is 11.9. The Morgan fingerprint density at radius 3 is 1.64 bits per heavy atom. The van der Waals surface area contributed by atoms with Gasteiger partial charge in [-0.1, -0.05) is 76.7 Å². The number of sulfonamides is 1. The number of hydrogen-bond donors (Lipinski definition) is 2. The van der Waals surface area contributed by atoms with Crippen LogP contribution in [0.3, 0.4) is 0 Å². The van der Waals surface area contributed by atoms with Crippen molar-refractivity contribution in [3.05, 3.63) is 113 Å². The van der Waals surface area contributed by atoms with Crippen LogP contribution in [0.1, 0.15) is 31.2 Å². The fourth-order valence-electron chi connectivity index (χ4n) is 6.08. The molecule has 50 heavy (non-hydrogen) atoms. The molecule has 17 heteroatoms. The average Bonchev–Trinajstić information content (AvgIpc) is 3.49. The summed E-state index contributed by atoms with van der Waals surface area (Å²) in [5.41, 5.74) is 5.90. The third kappa shape index (κ3) is 7.06. The van der Waals surface area contributed by atoms with Crippen LogP contribution in [0.5, 0.6) is 0 Å². The normalized spacial score (nSPS) is 14.0. The molecule has 0 fully saturated rings. The van der Waals surface area contributed by atoms with Crippen LogP contribution in [0, 0.1) is 11.6 Å². The standard InChI is InChI=1S/C20H18Cl2FN3O3S.C13H12Cl2FN3O/c21-15-11-16(23)14(18-19(22)25-8-4-5-9-26(25)20(18)27)10-17(15)24-30(28,29)12-13-6-2-1-3-7-13;14-8-6-9(16)7(5-10(8)17)11-12(15)18-3-1-2-4-19(18)13(11)20/h1-3,6-7,10-11,24H,4-5,8-9,12H2;5-6H,1-4,17H2. The van der Waals surface area contributed by atoms with Crippen LogP contribution in [-0.4, -0.2) is 27.1 Å². The molecular formula is C33H30Cl4F2N6O4S. The molecule has 2 aliphatic heterocycles. The number of anilines is 2. The maximum Gasteiger partial charge on any atom is 0.276 e. The lowest BCUT2D eigenvalue weighted by Gasteiger charge is -2.17. The van der Waals surface area contributed by atoms with Crippen LogP contribution in [0.25, 0.3) is 22.3 Å². The number of nitrogens with two attached hydrogens (primary N) is 1. The third-order valence-corrected chi connectivity index (χ3v) is 11.1. The molecule has 4 heterocycles. The molecule has 0 unspecified atom stereocenters. The van der Waals surface area contributed by atoms with E-state index in [1.807, 2.05) is 0 Å². The Morgan fingerprint density at radius 2 is 1.14 bits per heavy atom. The summed E-state index contributed by atoms with van der Waals surface area (Å²) in [7, 11) is -3.82. The van der Waals surface area contributed by atoms with Crippen LogP contribution in [0.2, 0.25) is 20.4 Å². The zero-order valence-electron chi connectivity index (χ0n) is 26.2. The number of fused-ring (bicyclic) bond motifs is 2. The van der Waals surface area contributed by atoms with Crippen molar-refractivity contribution in [3.63, 3.8) is 0 Å². The van der Waals surface area contributed by atoms with E-state index in [0.29, 0.717) is 31.7 Å². The van der Waals surface area contributed by atoms with Gasteiger partial charge in [-0.15, -0.1) is 0 Å². The van der Waals surface area contributed by atoms with E-state index >= 15 is 0 Å². The lowest BCUT2D eigenvalue weighted by atomic mass is 10.1. The maximum absolute atomic E-state index is 14.7. The number of nitrogens with zero attached hydrogens (tertiary/aromatic N) is 4. The van der Waals surface area contributed by atoms with Crippen LogP contribution < -0.4 is 21.6 Å². The predicted octanol–water partition coefficient (Wildman–Crippen LogP) is 7.64. The lowest BCUT2D eigenvalue weighted by molar-refractivity contribution is 0.356. The molecule has 5 aromatic rings. The van der Waals surface area contributed by atoms with E-state index in [9.17, 15) is 26.8 Å². The third-order valence-electron chi connectivity index (χ3n) is 8.47. The van der Waals surface area contributed by atoms with Crippen molar-refractivity contribution < 1.29 is 17.2 Å². The molecule has 2 aromatic heterocycles. The molecule has 10 nitrogen and oxygen atoms in total. The molecule has 0 radical (unpaired) electrons. The fourth-order valence-corrected chi connectivity index (χ4v) is 8.41.